The topological polar surface area (TPSA) is 50.6 Å². The number of aromatic nitrogens is 2. The van der Waals surface area contributed by atoms with Crippen molar-refractivity contribution in [2.45, 2.75) is 13.5 Å². The maximum absolute atomic E-state index is 12.3. The maximum atomic E-state index is 12.3. The Morgan fingerprint density at radius 2 is 1.92 bits per heavy atom. The van der Waals surface area contributed by atoms with E-state index in [-0.39, 0.29) is 12.5 Å². The molecular formula is C17H21ClN4O2. The lowest BCUT2D eigenvalue weighted by atomic mass is 10.3. The highest BCUT2D eigenvalue weighted by Gasteiger charge is 2.23. The maximum Gasteiger partial charge on any atom is 0.260 e. The first-order valence-electron chi connectivity index (χ1n) is 8.09. The quantitative estimate of drug-likeness (QED) is 0.832. The monoisotopic (exact) mass is 348 g/mol. The van der Waals surface area contributed by atoms with E-state index >= 15 is 0 Å². The lowest BCUT2D eigenvalue weighted by Gasteiger charge is -2.35. The van der Waals surface area contributed by atoms with Crippen molar-refractivity contribution in [3.8, 4) is 5.75 Å². The van der Waals surface area contributed by atoms with Crippen LogP contribution in [0.1, 0.15) is 6.92 Å². The first-order valence-corrected chi connectivity index (χ1v) is 8.47. The highest BCUT2D eigenvalue weighted by Crippen LogP contribution is 2.17. The van der Waals surface area contributed by atoms with Gasteiger partial charge in [-0.3, -0.25) is 4.79 Å². The van der Waals surface area contributed by atoms with Crippen molar-refractivity contribution >= 4 is 23.5 Å². The SMILES string of the molecule is CCn1ccnc1N1CCN(C(=O)COc2ccc(Cl)cc2)CC1. The van der Waals surface area contributed by atoms with Gasteiger partial charge < -0.3 is 19.1 Å². The van der Waals surface area contributed by atoms with Gasteiger partial charge in [-0.05, 0) is 31.2 Å². The molecule has 1 aliphatic rings. The summed E-state index contributed by atoms with van der Waals surface area (Å²) in [7, 11) is 0. The van der Waals surface area contributed by atoms with Crippen LogP contribution in [0.25, 0.3) is 0 Å². The van der Waals surface area contributed by atoms with Gasteiger partial charge in [-0.2, -0.15) is 0 Å². The van der Waals surface area contributed by atoms with Crippen LogP contribution in [0.15, 0.2) is 36.7 Å². The average Bonchev–Trinajstić information content (AvgIpc) is 3.10. The molecule has 1 saturated heterocycles. The summed E-state index contributed by atoms with van der Waals surface area (Å²) in [6.45, 7) is 5.96. The van der Waals surface area contributed by atoms with Gasteiger partial charge in [0.2, 0.25) is 5.95 Å². The van der Waals surface area contributed by atoms with Gasteiger partial charge >= 0.3 is 0 Å². The molecule has 1 aromatic carbocycles. The summed E-state index contributed by atoms with van der Waals surface area (Å²) in [4.78, 5) is 20.8. The summed E-state index contributed by atoms with van der Waals surface area (Å²) >= 11 is 5.83. The number of aryl methyl sites for hydroxylation is 1. The molecular weight excluding hydrogens is 328 g/mol. The molecule has 0 radical (unpaired) electrons. The number of benzene rings is 1. The number of ether oxygens (including phenoxy) is 1. The molecule has 1 aliphatic heterocycles. The number of halogens is 1. The highest BCUT2D eigenvalue weighted by atomic mass is 35.5. The van der Waals surface area contributed by atoms with Crippen LogP contribution in [0.5, 0.6) is 5.75 Å². The van der Waals surface area contributed by atoms with E-state index in [2.05, 4.69) is 21.4 Å². The van der Waals surface area contributed by atoms with Crippen LogP contribution in [0.3, 0.4) is 0 Å². The summed E-state index contributed by atoms with van der Waals surface area (Å²) in [6.07, 6.45) is 3.79. The van der Waals surface area contributed by atoms with Gasteiger partial charge in [0.1, 0.15) is 5.75 Å². The Morgan fingerprint density at radius 3 is 2.58 bits per heavy atom. The zero-order valence-electron chi connectivity index (χ0n) is 13.7. The number of hydrogen-bond acceptors (Lipinski definition) is 4. The Balaban J connectivity index is 1.49. The van der Waals surface area contributed by atoms with Crippen LogP contribution in [-0.4, -0.2) is 53.1 Å². The molecule has 1 fully saturated rings. The summed E-state index contributed by atoms with van der Waals surface area (Å²) in [6, 6.07) is 7.02. The number of amides is 1. The lowest BCUT2D eigenvalue weighted by Crippen LogP contribution is -2.50. The summed E-state index contributed by atoms with van der Waals surface area (Å²) in [5.41, 5.74) is 0. The molecule has 1 aromatic heterocycles. The normalized spacial score (nSPS) is 14.8. The fourth-order valence-corrected chi connectivity index (χ4v) is 2.88. The van der Waals surface area contributed by atoms with Crippen LogP contribution in [-0.2, 0) is 11.3 Å². The van der Waals surface area contributed by atoms with Crippen LogP contribution >= 0.6 is 11.6 Å². The predicted octanol–water partition coefficient (Wildman–Crippen LogP) is 2.28. The number of anilines is 1. The molecule has 3 rings (SSSR count). The van der Waals surface area contributed by atoms with Crippen molar-refractivity contribution in [3.05, 3.63) is 41.7 Å². The van der Waals surface area contributed by atoms with Crippen molar-refractivity contribution in [3.63, 3.8) is 0 Å². The van der Waals surface area contributed by atoms with Gasteiger partial charge in [0, 0.05) is 50.1 Å². The fraction of sp³-hybridized carbons (Fsp3) is 0.412. The Labute approximate surface area is 146 Å². The molecule has 0 atom stereocenters. The van der Waals surface area contributed by atoms with E-state index < -0.39 is 0 Å². The first-order chi connectivity index (χ1) is 11.7. The van der Waals surface area contributed by atoms with Crippen LogP contribution < -0.4 is 9.64 Å². The van der Waals surface area contributed by atoms with Crippen LogP contribution in [0.4, 0.5) is 5.95 Å². The highest BCUT2D eigenvalue weighted by molar-refractivity contribution is 6.30. The molecule has 7 heteroatoms. The number of imidazole rings is 1. The Bertz CT molecular complexity index is 678. The summed E-state index contributed by atoms with van der Waals surface area (Å²) in [5, 5.41) is 0.648. The van der Waals surface area contributed by atoms with E-state index in [4.69, 9.17) is 16.3 Å². The summed E-state index contributed by atoms with van der Waals surface area (Å²) in [5.74, 6) is 1.63. The first kappa shape index (κ1) is 16.6. The van der Waals surface area contributed by atoms with Gasteiger partial charge in [-0.25, -0.2) is 4.98 Å². The second kappa shape index (κ2) is 7.57. The third-order valence-electron chi connectivity index (χ3n) is 4.13. The number of nitrogens with zero attached hydrogens (tertiary/aromatic N) is 4. The zero-order valence-corrected chi connectivity index (χ0v) is 14.4. The standard InChI is InChI=1S/C17H21ClN4O2/c1-2-20-8-7-19-17(20)22-11-9-21(10-12-22)16(23)13-24-15-5-3-14(18)4-6-15/h3-8H,2,9-13H2,1H3. The van der Waals surface area contributed by atoms with Crippen LogP contribution in [0, 0.1) is 0 Å². The number of hydrogen-bond donors (Lipinski definition) is 0. The fourth-order valence-electron chi connectivity index (χ4n) is 2.75. The van der Waals surface area contributed by atoms with Crippen molar-refractivity contribution in [2.24, 2.45) is 0 Å². The second-order valence-electron chi connectivity index (χ2n) is 5.62. The van der Waals surface area contributed by atoms with E-state index in [1.165, 1.54) is 0 Å². The molecule has 0 spiro atoms. The van der Waals surface area contributed by atoms with Crippen LogP contribution in [0.2, 0.25) is 5.02 Å². The number of rotatable bonds is 5. The Morgan fingerprint density at radius 1 is 1.21 bits per heavy atom. The minimum atomic E-state index is 0.00318. The molecule has 0 bridgehead atoms. The molecule has 6 nitrogen and oxygen atoms in total. The molecule has 2 heterocycles. The summed E-state index contributed by atoms with van der Waals surface area (Å²) < 4.78 is 7.64. The van der Waals surface area contributed by atoms with Crippen molar-refractivity contribution in [2.75, 3.05) is 37.7 Å². The molecule has 2 aromatic rings. The smallest absolute Gasteiger partial charge is 0.260 e. The second-order valence-corrected chi connectivity index (χ2v) is 6.06. The Kier molecular flexibility index (Phi) is 5.25. The molecule has 0 unspecified atom stereocenters. The minimum absolute atomic E-state index is 0.00318. The lowest BCUT2D eigenvalue weighted by molar-refractivity contribution is -0.133. The number of carbonyl (C=O) groups excluding carboxylic acids is 1. The van der Waals surface area contributed by atoms with E-state index in [9.17, 15) is 4.79 Å². The molecule has 0 saturated carbocycles. The number of piperazine rings is 1. The molecule has 24 heavy (non-hydrogen) atoms. The molecule has 0 N–H and O–H groups in total. The van der Waals surface area contributed by atoms with Crippen molar-refractivity contribution in [1.82, 2.24) is 14.5 Å². The van der Waals surface area contributed by atoms with Crippen molar-refractivity contribution < 1.29 is 9.53 Å². The third kappa shape index (κ3) is 3.82. The zero-order chi connectivity index (χ0) is 16.9. The Hall–Kier alpha value is -2.21. The van der Waals surface area contributed by atoms with Gasteiger partial charge in [-0.1, -0.05) is 11.6 Å². The van der Waals surface area contributed by atoms with Gasteiger partial charge in [-0.15, -0.1) is 0 Å². The molecule has 1 amide bonds. The number of carbonyl (C=O) groups is 1. The van der Waals surface area contributed by atoms with Gasteiger partial charge in [0.05, 0.1) is 0 Å². The van der Waals surface area contributed by atoms with Gasteiger partial charge in [0.15, 0.2) is 6.61 Å². The third-order valence-corrected chi connectivity index (χ3v) is 4.38. The van der Waals surface area contributed by atoms with E-state index in [0.29, 0.717) is 23.9 Å². The van der Waals surface area contributed by atoms with Crippen molar-refractivity contribution in [1.29, 1.82) is 0 Å². The molecule has 128 valence electrons. The van der Waals surface area contributed by atoms with E-state index in [1.807, 2.05) is 17.3 Å². The van der Waals surface area contributed by atoms with Gasteiger partial charge in [0.25, 0.3) is 5.91 Å². The minimum Gasteiger partial charge on any atom is -0.484 e. The largest absolute Gasteiger partial charge is 0.484 e. The predicted molar refractivity (Wildman–Crippen MR) is 93.6 cm³/mol. The average molecular weight is 349 g/mol. The molecule has 0 aliphatic carbocycles. The van der Waals surface area contributed by atoms with E-state index in [0.717, 1.165) is 25.6 Å². The van der Waals surface area contributed by atoms with E-state index in [1.54, 1.807) is 24.3 Å².